The number of benzene rings is 2. The summed E-state index contributed by atoms with van der Waals surface area (Å²) in [5.74, 6) is 0.537. The Bertz CT molecular complexity index is 766. The van der Waals surface area contributed by atoms with E-state index in [1.165, 1.54) is 12.8 Å². The Morgan fingerprint density at radius 2 is 1.81 bits per heavy atom. The van der Waals surface area contributed by atoms with Gasteiger partial charge in [0, 0.05) is 18.5 Å². The third kappa shape index (κ3) is 5.34. The Hall–Kier alpha value is -2.82. The smallest absolute Gasteiger partial charge is 0.335 e. The number of para-hydroxylation sites is 1. The van der Waals surface area contributed by atoms with E-state index in [2.05, 4.69) is 5.32 Å². The van der Waals surface area contributed by atoms with Gasteiger partial charge < -0.3 is 15.2 Å². The molecule has 2 aromatic carbocycles. The number of amides is 1. The van der Waals surface area contributed by atoms with Crippen molar-refractivity contribution in [1.29, 1.82) is 0 Å². The maximum atomic E-state index is 12.1. The van der Waals surface area contributed by atoms with Crippen molar-refractivity contribution in [3.05, 3.63) is 65.2 Å². The Labute approximate surface area is 153 Å². The molecular formula is C21H23NO4. The van der Waals surface area contributed by atoms with Gasteiger partial charge in [0.1, 0.15) is 5.75 Å². The second kappa shape index (κ2) is 8.52. The minimum absolute atomic E-state index is 0.0377. The Morgan fingerprint density at radius 3 is 2.50 bits per heavy atom. The summed E-state index contributed by atoms with van der Waals surface area (Å²) >= 11 is 0. The molecule has 2 N–H and O–H groups in total. The van der Waals surface area contributed by atoms with Crippen LogP contribution in [0.5, 0.6) is 5.75 Å². The zero-order chi connectivity index (χ0) is 18.4. The lowest BCUT2D eigenvalue weighted by molar-refractivity contribution is -0.121. The van der Waals surface area contributed by atoms with Gasteiger partial charge in [-0.25, -0.2) is 4.79 Å². The molecule has 0 bridgehead atoms. The standard InChI is InChI=1S/C21H23NO4/c23-20(12-9-15-7-10-17(11-8-15)21(24)25)22-13-18-3-1-2-4-19(18)26-14-16-5-6-16/h1-4,7-8,10-11,16H,5-6,9,12-14H2,(H,22,23)(H,24,25). The Balaban J connectivity index is 1.45. The van der Waals surface area contributed by atoms with E-state index in [9.17, 15) is 9.59 Å². The van der Waals surface area contributed by atoms with E-state index in [0.29, 0.717) is 25.3 Å². The van der Waals surface area contributed by atoms with Crippen LogP contribution in [0.3, 0.4) is 0 Å². The highest BCUT2D eigenvalue weighted by atomic mass is 16.5. The van der Waals surface area contributed by atoms with E-state index >= 15 is 0 Å². The van der Waals surface area contributed by atoms with Crippen molar-refractivity contribution in [3.8, 4) is 5.75 Å². The van der Waals surface area contributed by atoms with Crippen LogP contribution in [0.15, 0.2) is 48.5 Å². The van der Waals surface area contributed by atoms with E-state index < -0.39 is 5.97 Å². The minimum Gasteiger partial charge on any atom is -0.493 e. The molecule has 0 atom stereocenters. The van der Waals surface area contributed by atoms with Gasteiger partial charge in [0.15, 0.2) is 0 Å². The van der Waals surface area contributed by atoms with Crippen LogP contribution >= 0.6 is 0 Å². The van der Waals surface area contributed by atoms with Crippen molar-refractivity contribution >= 4 is 11.9 Å². The predicted molar refractivity (Wildman–Crippen MR) is 98.2 cm³/mol. The fourth-order valence-electron chi connectivity index (χ4n) is 2.64. The lowest BCUT2D eigenvalue weighted by Crippen LogP contribution is -2.23. The topological polar surface area (TPSA) is 75.6 Å². The van der Waals surface area contributed by atoms with Crippen LogP contribution in [0.25, 0.3) is 0 Å². The molecule has 1 fully saturated rings. The van der Waals surface area contributed by atoms with Crippen LogP contribution in [0.1, 0.15) is 40.7 Å². The molecule has 5 nitrogen and oxygen atoms in total. The highest BCUT2D eigenvalue weighted by Crippen LogP contribution is 2.30. The number of carbonyl (C=O) groups excluding carboxylic acids is 1. The number of carboxylic acids is 1. The van der Waals surface area contributed by atoms with Crippen LogP contribution in [0.2, 0.25) is 0 Å². The number of carbonyl (C=O) groups is 2. The van der Waals surface area contributed by atoms with Gasteiger partial charge in [0.2, 0.25) is 5.91 Å². The molecule has 5 heteroatoms. The first-order valence-electron chi connectivity index (χ1n) is 8.91. The number of hydrogen-bond acceptors (Lipinski definition) is 3. The van der Waals surface area contributed by atoms with E-state index in [1.807, 2.05) is 24.3 Å². The quantitative estimate of drug-likeness (QED) is 0.724. The second-order valence-electron chi connectivity index (χ2n) is 6.64. The molecule has 1 aliphatic carbocycles. The molecule has 0 spiro atoms. The van der Waals surface area contributed by atoms with Crippen molar-refractivity contribution in [2.24, 2.45) is 5.92 Å². The lowest BCUT2D eigenvalue weighted by Gasteiger charge is -2.12. The molecule has 0 saturated heterocycles. The summed E-state index contributed by atoms with van der Waals surface area (Å²) < 4.78 is 5.85. The molecule has 0 heterocycles. The first-order chi connectivity index (χ1) is 12.6. The van der Waals surface area contributed by atoms with Gasteiger partial charge in [-0.1, -0.05) is 30.3 Å². The number of aryl methyl sites for hydroxylation is 1. The third-order valence-electron chi connectivity index (χ3n) is 4.46. The van der Waals surface area contributed by atoms with Gasteiger partial charge in [0.25, 0.3) is 0 Å². The summed E-state index contributed by atoms with van der Waals surface area (Å²) in [5.41, 5.74) is 2.17. The van der Waals surface area contributed by atoms with Crippen LogP contribution in [0.4, 0.5) is 0 Å². The van der Waals surface area contributed by atoms with Gasteiger partial charge in [-0.3, -0.25) is 4.79 Å². The summed E-state index contributed by atoms with van der Waals surface area (Å²) in [5, 5.41) is 11.8. The average Bonchev–Trinajstić information content (AvgIpc) is 3.48. The van der Waals surface area contributed by atoms with Gasteiger partial charge in [-0.05, 0) is 48.9 Å². The average molecular weight is 353 g/mol. The predicted octanol–water partition coefficient (Wildman–Crippen LogP) is 3.42. The van der Waals surface area contributed by atoms with Crippen LogP contribution < -0.4 is 10.1 Å². The van der Waals surface area contributed by atoms with E-state index in [0.717, 1.165) is 23.5 Å². The van der Waals surface area contributed by atoms with Crippen LogP contribution in [-0.4, -0.2) is 23.6 Å². The number of ether oxygens (including phenoxy) is 1. The van der Waals surface area contributed by atoms with Crippen molar-refractivity contribution in [3.63, 3.8) is 0 Å². The minimum atomic E-state index is -0.947. The Morgan fingerprint density at radius 1 is 1.08 bits per heavy atom. The summed E-state index contributed by atoms with van der Waals surface area (Å²) in [6, 6.07) is 14.4. The van der Waals surface area contributed by atoms with Crippen molar-refractivity contribution in [1.82, 2.24) is 5.32 Å². The van der Waals surface area contributed by atoms with E-state index in [4.69, 9.17) is 9.84 Å². The zero-order valence-corrected chi connectivity index (χ0v) is 14.6. The van der Waals surface area contributed by atoms with Crippen molar-refractivity contribution < 1.29 is 19.4 Å². The molecule has 0 aromatic heterocycles. The van der Waals surface area contributed by atoms with Gasteiger partial charge in [0.05, 0.1) is 12.2 Å². The maximum absolute atomic E-state index is 12.1. The van der Waals surface area contributed by atoms with Gasteiger partial charge in [-0.15, -0.1) is 0 Å². The fraction of sp³-hybridized carbons (Fsp3) is 0.333. The van der Waals surface area contributed by atoms with Gasteiger partial charge >= 0.3 is 5.97 Å². The molecule has 0 radical (unpaired) electrons. The summed E-state index contributed by atoms with van der Waals surface area (Å²) in [6.07, 6.45) is 3.42. The van der Waals surface area contributed by atoms with E-state index in [-0.39, 0.29) is 11.5 Å². The molecule has 1 aliphatic rings. The highest BCUT2D eigenvalue weighted by Gasteiger charge is 2.22. The summed E-state index contributed by atoms with van der Waals surface area (Å²) in [4.78, 5) is 22.9. The second-order valence-corrected chi connectivity index (χ2v) is 6.64. The lowest BCUT2D eigenvalue weighted by atomic mass is 10.1. The molecular weight excluding hydrogens is 330 g/mol. The largest absolute Gasteiger partial charge is 0.493 e. The molecule has 0 aliphatic heterocycles. The van der Waals surface area contributed by atoms with Gasteiger partial charge in [-0.2, -0.15) is 0 Å². The first kappa shape index (κ1) is 18.0. The van der Waals surface area contributed by atoms with Crippen LogP contribution in [0, 0.1) is 5.92 Å². The molecule has 136 valence electrons. The molecule has 1 saturated carbocycles. The number of aromatic carboxylic acids is 1. The highest BCUT2D eigenvalue weighted by molar-refractivity contribution is 5.87. The fourth-order valence-corrected chi connectivity index (χ4v) is 2.64. The third-order valence-corrected chi connectivity index (χ3v) is 4.46. The number of carboxylic acid groups (broad SMARTS) is 1. The van der Waals surface area contributed by atoms with Crippen LogP contribution in [-0.2, 0) is 17.8 Å². The molecule has 1 amide bonds. The maximum Gasteiger partial charge on any atom is 0.335 e. The van der Waals surface area contributed by atoms with Crippen molar-refractivity contribution in [2.45, 2.75) is 32.2 Å². The summed E-state index contributed by atoms with van der Waals surface area (Å²) in [7, 11) is 0. The first-order valence-corrected chi connectivity index (χ1v) is 8.91. The Kier molecular flexibility index (Phi) is 5.89. The molecule has 3 rings (SSSR count). The zero-order valence-electron chi connectivity index (χ0n) is 14.6. The molecule has 26 heavy (non-hydrogen) atoms. The van der Waals surface area contributed by atoms with Crippen molar-refractivity contribution in [2.75, 3.05) is 6.61 Å². The molecule has 0 unspecified atom stereocenters. The SMILES string of the molecule is O=C(CCc1ccc(C(=O)O)cc1)NCc1ccccc1OCC1CC1. The number of nitrogens with one attached hydrogen (secondary N) is 1. The normalized spacial score (nSPS) is 13.2. The summed E-state index contributed by atoms with van der Waals surface area (Å²) in [6.45, 7) is 1.19. The monoisotopic (exact) mass is 353 g/mol. The number of rotatable bonds is 9. The molecule has 2 aromatic rings. The van der Waals surface area contributed by atoms with E-state index in [1.54, 1.807) is 24.3 Å². The number of hydrogen-bond donors (Lipinski definition) is 2.